The van der Waals surface area contributed by atoms with Crippen LogP contribution in [-0.2, 0) is 6.42 Å². The molecule has 0 aliphatic rings. The predicted octanol–water partition coefficient (Wildman–Crippen LogP) is 5.40. The van der Waals surface area contributed by atoms with E-state index in [1.165, 1.54) is 37.7 Å². The largest absolute Gasteiger partial charge is 0.423 e. The third kappa shape index (κ3) is 5.59. The minimum atomic E-state index is -0.349. The van der Waals surface area contributed by atoms with Crippen LogP contribution in [0.25, 0.3) is 0 Å². The van der Waals surface area contributed by atoms with Gasteiger partial charge in [0.15, 0.2) is 0 Å². The van der Waals surface area contributed by atoms with Gasteiger partial charge in [0.1, 0.15) is 5.75 Å². The van der Waals surface area contributed by atoms with Gasteiger partial charge >= 0.3 is 5.97 Å². The van der Waals surface area contributed by atoms with Gasteiger partial charge in [-0.1, -0.05) is 50.7 Å². The lowest BCUT2D eigenvalue weighted by molar-refractivity contribution is 0.0735. The van der Waals surface area contributed by atoms with Crippen molar-refractivity contribution in [2.45, 2.75) is 45.4 Å². The molecule has 0 saturated heterocycles. The van der Waals surface area contributed by atoms with Gasteiger partial charge in [0, 0.05) is 5.56 Å². The first-order valence-corrected chi connectivity index (χ1v) is 8.60. The topological polar surface area (TPSA) is 26.3 Å². The Kier molecular flexibility index (Phi) is 7.11. The quantitative estimate of drug-likeness (QED) is 0.282. The second-order valence-corrected chi connectivity index (χ2v) is 5.92. The molecule has 2 aromatic rings. The van der Waals surface area contributed by atoms with E-state index in [2.05, 4.69) is 12.8 Å². The summed E-state index contributed by atoms with van der Waals surface area (Å²) in [5.41, 5.74) is 2.59. The highest BCUT2D eigenvalue weighted by Gasteiger charge is 2.08. The Morgan fingerprint density at radius 1 is 0.958 bits per heavy atom. The second-order valence-electron chi connectivity index (χ2n) is 5.92. The summed E-state index contributed by atoms with van der Waals surface area (Å²) in [6, 6.07) is 14.6. The molecule has 0 unspecified atom stereocenters. The van der Waals surface area contributed by atoms with Crippen molar-refractivity contribution in [1.29, 1.82) is 0 Å². The van der Waals surface area contributed by atoms with Crippen LogP contribution in [0, 0.1) is 12.3 Å². The third-order valence-corrected chi connectivity index (χ3v) is 3.99. The van der Waals surface area contributed by atoms with E-state index in [1.54, 1.807) is 24.3 Å². The number of benzene rings is 2. The summed E-state index contributed by atoms with van der Waals surface area (Å²) in [6.07, 6.45) is 12.7. The molecule has 0 fully saturated rings. The van der Waals surface area contributed by atoms with Gasteiger partial charge in [0.2, 0.25) is 0 Å². The molecule has 0 aliphatic carbocycles. The van der Waals surface area contributed by atoms with E-state index in [0.29, 0.717) is 11.3 Å². The van der Waals surface area contributed by atoms with Crippen LogP contribution in [0.15, 0.2) is 48.5 Å². The average Bonchev–Trinajstić information content (AvgIpc) is 2.62. The molecule has 24 heavy (non-hydrogen) atoms. The molecule has 0 N–H and O–H groups in total. The van der Waals surface area contributed by atoms with E-state index in [1.807, 2.05) is 24.3 Å². The number of aryl methyl sites for hydroxylation is 1. The van der Waals surface area contributed by atoms with E-state index in [9.17, 15) is 4.79 Å². The highest BCUT2D eigenvalue weighted by Crippen LogP contribution is 2.15. The zero-order valence-corrected chi connectivity index (χ0v) is 14.3. The molecule has 0 aliphatic heterocycles. The number of terminal acetylenes is 1. The maximum absolute atomic E-state index is 12.1. The van der Waals surface area contributed by atoms with E-state index >= 15 is 0 Å². The minimum Gasteiger partial charge on any atom is -0.423 e. The molecule has 0 atom stereocenters. The average molecular weight is 320 g/mol. The molecule has 0 bridgehead atoms. The van der Waals surface area contributed by atoms with Crippen molar-refractivity contribution in [2.24, 2.45) is 0 Å². The first-order valence-electron chi connectivity index (χ1n) is 8.60. The van der Waals surface area contributed by atoms with Gasteiger partial charge in [-0.3, -0.25) is 0 Å². The molecule has 2 heteroatoms. The standard InChI is InChI=1S/C22H24O2/c1-3-5-6-7-8-9-19-10-14-20(15-11-19)22(23)24-21-16-12-18(4-2)13-17-21/h2,10-17H,3,5-9H2,1H3. The van der Waals surface area contributed by atoms with Crippen molar-refractivity contribution in [3.63, 3.8) is 0 Å². The van der Waals surface area contributed by atoms with Crippen LogP contribution in [0.4, 0.5) is 0 Å². The molecule has 0 amide bonds. The molecular weight excluding hydrogens is 296 g/mol. The Hall–Kier alpha value is -2.53. The maximum Gasteiger partial charge on any atom is 0.343 e. The van der Waals surface area contributed by atoms with Crippen molar-refractivity contribution in [1.82, 2.24) is 0 Å². The fourth-order valence-corrected chi connectivity index (χ4v) is 2.53. The van der Waals surface area contributed by atoms with Crippen LogP contribution >= 0.6 is 0 Å². The maximum atomic E-state index is 12.1. The van der Waals surface area contributed by atoms with Crippen molar-refractivity contribution in [2.75, 3.05) is 0 Å². The Bertz CT molecular complexity index is 675. The molecule has 2 nitrogen and oxygen atoms in total. The Balaban J connectivity index is 1.85. The first kappa shape index (κ1) is 17.8. The predicted molar refractivity (Wildman–Crippen MR) is 98.2 cm³/mol. The summed E-state index contributed by atoms with van der Waals surface area (Å²) in [6.45, 7) is 2.22. The monoisotopic (exact) mass is 320 g/mol. The molecule has 2 aromatic carbocycles. The Morgan fingerprint density at radius 2 is 1.62 bits per heavy atom. The van der Waals surface area contributed by atoms with Crippen molar-refractivity contribution < 1.29 is 9.53 Å². The highest BCUT2D eigenvalue weighted by molar-refractivity contribution is 5.91. The number of hydrogen-bond donors (Lipinski definition) is 0. The molecule has 0 radical (unpaired) electrons. The Labute approximate surface area is 144 Å². The summed E-state index contributed by atoms with van der Waals surface area (Å²) in [4.78, 5) is 12.1. The lowest BCUT2D eigenvalue weighted by Gasteiger charge is -2.06. The number of rotatable bonds is 8. The number of carbonyl (C=O) groups is 1. The molecular formula is C22H24O2. The Morgan fingerprint density at radius 3 is 2.25 bits per heavy atom. The van der Waals surface area contributed by atoms with E-state index in [-0.39, 0.29) is 5.97 Å². The summed E-state index contributed by atoms with van der Waals surface area (Å²) in [7, 11) is 0. The first-order chi connectivity index (χ1) is 11.7. The third-order valence-electron chi connectivity index (χ3n) is 3.99. The van der Waals surface area contributed by atoms with Gasteiger partial charge in [-0.05, 0) is 54.8 Å². The van der Waals surface area contributed by atoms with E-state index < -0.39 is 0 Å². The fraction of sp³-hybridized carbons (Fsp3) is 0.318. The van der Waals surface area contributed by atoms with Crippen LogP contribution in [0.5, 0.6) is 5.75 Å². The van der Waals surface area contributed by atoms with Crippen LogP contribution in [0.1, 0.15) is 60.5 Å². The molecule has 124 valence electrons. The normalized spacial score (nSPS) is 10.2. The summed E-state index contributed by atoms with van der Waals surface area (Å²) in [5.74, 6) is 2.68. The van der Waals surface area contributed by atoms with Gasteiger partial charge in [0.25, 0.3) is 0 Å². The van der Waals surface area contributed by atoms with Gasteiger partial charge in [-0.15, -0.1) is 6.42 Å². The number of carbonyl (C=O) groups excluding carboxylic acids is 1. The van der Waals surface area contributed by atoms with Crippen molar-refractivity contribution >= 4 is 5.97 Å². The lowest BCUT2D eigenvalue weighted by Crippen LogP contribution is -2.08. The van der Waals surface area contributed by atoms with E-state index in [4.69, 9.17) is 11.2 Å². The van der Waals surface area contributed by atoms with Crippen LogP contribution in [0.2, 0.25) is 0 Å². The summed E-state index contributed by atoms with van der Waals surface area (Å²) < 4.78 is 5.36. The molecule has 0 saturated carbocycles. The van der Waals surface area contributed by atoms with Crippen LogP contribution in [-0.4, -0.2) is 5.97 Å². The van der Waals surface area contributed by atoms with Crippen LogP contribution < -0.4 is 4.74 Å². The highest BCUT2D eigenvalue weighted by atomic mass is 16.5. The lowest BCUT2D eigenvalue weighted by atomic mass is 10.0. The number of unbranched alkanes of at least 4 members (excludes halogenated alkanes) is 4. The summed E-state index contributed by atoms with van der Waals surface area (Å²) >= 11 is 0. The molecule has 0 aromatic heterocycles. The smallest absolute Gasteiger partial charge is 0.343 e. The van der Waals surface area contributed by atoms with Gasteiger partial charge in [-0.2, -0.15) is 0 Å². The zero-order valence-electron chi connectivity index (χ0n) is 14.3. The van der Waals surface area contributed by atoms with Gasteiger partial charge < -0.3 is 4.74 Å². The van der Waals surface area contributed by atoms with Crippen LogP contribution in [0.3, 0.4) is 0 Å². The second kappa shape index (κ2) is 9.57. The minimum absolute atomic E-state index is 0.349. The molecule has 0 heterocycles. The molecule has 0 spiro atoms. The van der Waals surface area contributed by atoms with Gasteiger partial charge in [-0.25, -0.2) is 4.79 Å². The van der Waals surface area contributed by atoms with E-state index in [0.717, 1.165) is 12.0 Å². The van der Waals surface area contributed by atoms with Crippen molar-refractivity contribution in [3.05, 3.63) is 65.2 Å². The zero-order chi connectivity index (χ0) is 17.2. The molecule has 2 rings (SSSR count). The number of ether oxygens (including phenoxy) is 1. The summed E-state index contributed by atoms with van der Waals surface area (Å²) in [5, 5.41) is 0. The fourth-order valence-electron chi connectivity index (χ4n) is 2.53. The number of hydrogen-bond acceptors (Lipinski definition) is 2. The SMILES string of the molecule is C#Cc1ccc(OC(=O)c2ccc(CCCCCCC)cc2)cc1. The van der Waals surface area contributed by atoms with Gasteiger partial charge in [0.05, 0.1) is 5.56 Å². The van der Waals surface area contributed by atoms with Crippen molar-refractivity contribution in [3.8, 4) is 18.1 Å². The number of esters is 1.